The van der Waals surface area contributed by atoms with Crippen LogP contribution in [0.15, 0.2) is 54.1 Å². The molecule has 0 unspecified atom stereocenters. The molecule has 1 aromatic carbocycles. The molecule has 0 spiro atoms. The van der Waals surface area contributed by atoms with Crippen molar-refractivity contribution < 1.29 is 4.74 Å². The first-order valence-electron chi connectivity index (χ1n) is 9.97. The summed E-state index contributed by atoms with van der Waals surface area (Å²) in [5.74, 6) is 0. The second-order valence-electron chi connectivity index (χ2n) is 6.51. The van der Waals surface area contributed by atoms with Crippen molar-refractivity contribution in [3.63, 3.8) is 0 Å². The minimum absolute atomic E-state index is 0.908. The van der Waals surface area contributed by atoms with Crippen molar-refractivity contribution >= 4 is 0 Å². The van der Waals surface area contributed by atoms with E-state index in [-0.39, 0.29) is 0 Å². The molecule has 140 valence electrons. The van der Waals surface area contributed by atoms with Gasteiger partial charge in [-0.15, -0.1) is 0 Å². The SMILES string of the molecule is C/C=C\C(=C/C)CCCCOCCCCCCNCc1ccccc1. The Labute approximate surface area is 155 Å². The Morgan fingerprint density at radius 1 is 0.920 bits per heavy atom. The lowest BCUT2D eigenvalue weighted by atomic mass is 10.1. The maximum atomic E-state index is 5.74. The molecule has 0 aliphatic rings. The maximum absolute atomic E-state index is 5.74. The first-order chi connectivity index (χ1) is 12.4. The molecule has 0 aliphatic carbocycles. The summed E-state index contributed by atoms with van der Waals surface area (Å²) in [4.78, 5) is 0. The van der Waals surface area contributed by atoms with Gasteiger partial charge < -0.3 is 10.1 Å². The lowest BCUT2D eigenvalue weighted by Gasteiger charge is -2.06. The lowest BCUT2D eigenvalue weighted by molar-refractivity contribution is 0.126. The van der Waals surface area contributed by atoms with Crippen molar-refractivity contribution in [3.05, 3.63) is 59.7 Å². The summed E-state index contributed by atoms with van der Waals surface area (Å²) in [7, 11) is 0. The van der Waals surface area contributed by atoms with Crippen LogP contribution < -0.4 is 5.32 Å². The van der Waals surface area contributed by atoms with E-state index in [4.69, 9.17) is 4.74 Å². The zero-order valence-electron chi connectivity index (χ0n) is 16.3. The van der Waals surface area contributed by atoms with Gasteiger partial charge in [0.15, 0.2) is 0 Å². The summed E-state index contributed by atoms with van der Waals surface area (Å²) >= 11 is 0. The molecule has 25 heavy (non-hydrogen) atoms. The standard InChI is InChI=1S/C23H37NO/c1-3-14-22(4-2)15-10-13-20-25-19-12-6-5-11-18-24-21-23-16-8-7-9-17-23/h3-4,7-9,14,16-17,24H,5-6,10-13,15,18-21H2,1-2H3/b14-3-,22-4+. The molecule has 0 bridgehead atoms. The smallest absolute Gasteiger partial charge is 0.0466 e. The number of unbranched alkanes of at least 4 members (excludes halogenated alkanes) is 4. The quantitative estimate of drug-likeness (QED) is 0.309. The normalized spacial score (nSPS) is 12.2. The number of nitrogens with one attached hydrogen (secondary N) is 1. The van der Waals surface area contributed by atoms with E-state index in [1.807, 2.05) is 0 Å². The van der Waals surface area contributed by atoms with Gasteiger partial charge in [0, 0.05) is 19.8 Å². The molecule has 1 aromatic rings. The Hall–Kier alpha value is -1.38. The van der Waals surface area contributed by atoms with E-state index in [1.165, 1.54) is 49.7 Å². The van der Waals surface area contributed by atoms with E-state index in [9.17, 15) is 0 Å². The van der Waals surface area contributed by atoms with Crippen molar-refractivity contribution in [1.29, 1.82) is 0 Å². The summed E-state index contributed by atoms with van der Waals surface area (Å²) < 4.78 is 5.74. The molecular formula is C23H37NO. The van der Waals surface area contributed by atoms with E-state index in [0.717, 1.165) is 32.7 Å². The Balaban J connectivity index is 1.80. The van der Waals surface area contributed by atoms with Crippen LogP contribution in [0.4, 0.5) is 0 Å². The first kappa shape index (κ1) is 21.7. The fourth-order valence-electron chi connectivity index (χ4n) is 2.81. The third-order valence-corrected chi connectivity index (χ3v) is 4.32. The van der Waals surface area contributed by atoms with E-state index >= 15 is 0 Å². The Morgan fingerprint density at radius 2 is 1.64 bits per heavy atom. The molecular weight excluding hydrogens is 306 g/mol. The van der Waals surface area contributed by atoms with Gasteiger partial charge in [-0.25, -0.2) is 0 Å². The van der Waals surface area contributed by atoms with Crippen LogP contribution in [0.3, 0.4) is 0 Å². The number of allylic oxidation sites excluding steroid dienone is 4. The van der Waals surface area contributed by atoms with E-state index in [1.54, 1.807) is 0 Å². The van der Waals surface area contributed by atoms with Gasteiger partial charge in [0.25, 0.3) is 0 Å². The number of hydrogen-bond acceptors (Lipinski definition) is 2. The van der Waals surface area contributed by atoms with Crippen LogP contribution in [0.5, 0.6) is 0 Å². The fraction of sp³-hybridized carbons (Fsp3) is 0.565. The third-order valence-electron chi connectivity index (χ3n) is 4.32. The van der Waals surface area contributed by atoms with Crippen molar-refractivity contribution in [2.45, 2.75) is 65.3 Å². The average Bonchev–Trinajstić information content (AvgIpc) is 2.65. The Bertz CT molecular complexity index is 464. The monoisotopic (exact) mass is 343 g/mol. The molecule has 0 radical (unpaired) electrons. The number of rotatable bonds is 15. The highest BCUT2D eigenvalue weighted by Crippen LogP contribution is 2.09. The zero-order valence-corrected chi connectivity index (χ0v) is 16.3. The van der Waals surface area contributed by atoms with Crippen molar-refractivity contribution in [3.8, 4) is 0 Å². The molecule has 0 atom stereocenters. The molecule has 2 heteroatoms. The molecule has 2 nitrogen and oxygen atoms in total. The fourth-order valence-corrected chi connectivity index (χ4v) is 2.81. The molecule has 0 saturated carbocycles. The Kier molecular flexibility index (Phi) is 14.0. The lowest BCUT2D eigenvalue weighted by Crippen LogP contribution is -2.14. The molecule has 0 heterocycles. The molecule has 0 amide bonds. The highest BCUT2D eigenvalue weighted by atomic mass is 16.5. The Morgan fingerprint density at radius 3 is 2.36 bits per heavy atom. The van der Waals surface area contributed by atoms with Crippen LogP contribution in [0, 0.1) is 0 Å². The first-order valence-corrected chi connectivity index (χ1v) is 9.97. The summed E-state index contributed by atoms with van der Waals surface area (Å²) in [6, 6.07) is 10.6. The summed E-state index contributed by atoms with van der Waals surface area (Å²) in [6.07, 6.45) is 15.1. The third kappa shape index (κ3) is 12.6. The summed E-state index contributed by atoms with van der Waals surface area (Å²) in [5.41, 5.74) is 2.80. The summed E-state index contributed by atoms with van der Waals surface area (Å²) in [5, 5.41) is 3.51. The van der Waals surface area contributed by atoms with Gasteiger partial charge in [-0.3, -0.25) is 0 Å². The number of ether oxygens (including phenoxy) is 1. The number of hydrogen-bond donors (Lipinski definition) is 1. The predicted molar refractivity (Wildman–Crippen MR) is 110 cm³/mol. The molecule has 0 aliphatic heterocycles. The second-order valence-corrected chi connectivity index (χ2v) is 6.51. The maximum Gasteiger partial charge on any atom is 0.0466 e. The minimum Gasteiger partial charge on any atom is -0.381 e. The van der Waals surface area contributed by atoms with E-state index in [0.29, 0.717) is 0 Å². The van der Waals surface area contributed by atoms with Gasteiger partial charge in [-0.1, -0.05) is 67.0 Å². The zero-order chi connectivity index (χ0) is 18.0. The van der Waals surface area contributed by atoms with E-state index in [2.05, 4.69) is 67.7 Å². The van der Waals surface area contributed by atoms with Gasteiger partial charge in [0.05, 0.1) is 0 Å². The van der Waals surface area contributed by atoms with Crippen LogP contribution in [0.2, 0.25) is 0 Å². The van der Waals surface area contributed by atoms with Crippen LogP contribution >= 0.6 is 0 Å². The molecule has 1 N–H and O–H groups in total. The van der Waals surface area contributed by atoms with Gasteiger partial charge in [-0.05, 0) is 58.1 Å². The molecule has 0 aromatic heterocycles. The van der Waals surface area contributed by atoms with Crippen molar-refractivity contribution in [2.75, 3.05) is 19.8 Å². The van der Waals surface area contributed by atoms with Gasteiger partial charge in [0.1, 0.15) is 0 Å². The number of benzene rings is 1. The van der Waals surface area contributed by atoms with Crippen LogP contribution in [0.1, 0.15) is 64.4 Å². The predicted octanol–water partition coefficient (Wildman–Crippen LogP) is 6.05. The molecule has 0 fully saturated rings. The summed E-state index contributed by atoms with van der Waals surface area (Å²) in [6.45, 7) is 8.10. The van der Waals surface area contributed by atoms with Gasteiger partial charge in [-0.2, -0.15) is 0 Å². The molecule has 1 rings (SSSR count). The van der Waals surface area contributed by atoms with Gasteiger partial charge >= 0.3 is 0 Å². The topological polar surface area (TPSA) is 21.3 Å². The second kappa shape index (κ2) is 16.1. The molecule has 0 saturated heterocycles. The van der Waals surface area contributed by atoms with E-state index < -0.39 is 0 Å². The van der Waals surface area contributed by atoms with Crippen molar-refractivity contribution in [1.82, 2.24) is 5.32 Å². The minimum atomic E-state index is 0.908. The largest absolute Gasteiger partial charge is 0.381 e. The highest BCUT2D eigenvalue weighted by Gasteiger charge is 1.95. The van der Waals surface area contributed by atoms with Gasteiger partial charge in [0.2, 0.25) is 0 Å². The average molecular weight is 344 g/mol. The van der Waals surface area contributed by atoms with Crippen LogP contribution in [0.25, 0.3) is 0 Å². The highest BCUT2D eigenvalue weighted by molar-refractivity contribution is 5.16. The van der Waals surface area contributed by atoms with Crippen LogP contribution in [-0.4, -0.2) is 19.8 Å². The van der Waals surface area contributed by atoms with Crippen LogP contribution in [-0.2, 0) is 11.3 Å². The van der Waals surface area contributed by atoms with Crippen molar-refractivity contribution in [2.24, 2.45) is 0 Å².